The van der Waals surface area contributed by atoms with Gasteiger partial charge >= 0.3 is 0 Å². The molecule has 0 saturated carbocycles. The number of aromatic hydroxyl groups is 1. The van der Waals surface area contributed by atoms with Crippen molar-refractivity contribution in [3.63, 3.8) is 0 Å². The molecule has 4 aliphatic rings. The van der Waals surface area contributed by atoms with Crippen LogP contribution < -0.4 is 14.5 Å². The van der Waals surface area contributed by atoms with Gasteiger partial charge in [-0.2, -0.15) is 5.10 Å². The molecule has 14 nitrogen and oxygen atoms in total. The van der Waals surface area contributed by atoms with Crippen LogP contribution in [0.2, 0.25) is 0 Å². The number of rotatable bonds is 6. The number of ketones is 1. The summed E-state index contributed by atoms with van der Waals surface area (Å²) in [5.74, 6) is -0.285. The summed E-state index contributed by atoms with van der Waals surface area (Å²) >= 11 is 0. The Morgan fingerprint density at radius 2 is 1.75 bits per heavy atom. The summed E-state index contributed by atoms with van der Waals surface area (Å²) in [6.07, 6.45) is 10.9. The second kappa shape index (κ2) is 13.5. The van der Waals surface area contributed by atoms with Crippen LogP contribution in [-0.2, 0) is 36.1 Å². The maximum Gasteiger partial charge on any atom is 0.265 e. The van der Waals surface area contributed by atoms with Crippen molar-refractivity contribution >= 4 is 50.4 Å². The van der Waals surface area contributed by atoms with E-state index in [4.69, 9.17) is 16.0 Å². The van der Waals surface area contributed by atoms with E-state index in [0.717, 1.165) is 30.1 Å². The molecule has 3 aliphatic heterocycles. The van der Waals surface area contributed by atoms with Crippen molar-refractivity contribution in [2.24, 2.45) is 12.2 Å². The first-order chi connectivity index (χ1) is 24.2. The number of hydrogen-bond donors (Lipinski definition) is 1. The van der Waals surface area contributed by atoms with Gasteiger partial charge in [0.1, 0.15) is 17.9 Å². The zero-order valence-electron chi connectivity index (χ0n) is 27.9. The van der Waals surface area contributed by atoms with E-state index >= 15 is 0 Å². The molecule has 4 heterocycles. The highest BCUT2D eigenvalue weighted by Crippen LogP contribution is 2.42. The van der Waals surface area contributed by atoms with Crippen LogP contribution in [-0.4, -0.2) is 78.5 Å². The predicted octanol–water partition coefficient (Wildman–Crippen LogP) is 3.12. The number of aryl methyl sites for hydroxylation is 1. The van der Waals surface area contributed by atoms with Gasteiger partial charge in [-0.3, -0.25) is 24.1 Å². The third kappa shape index (κ3) is 6.25. The maximum atomic E-state index is 14.7. The molecule has 1 N–H and O–H groups in total. The number of oxime groups is 1. The van der Waals surface area contributed by atoms with Crippen LogP contribution in [0, 0.1) is 25.1 Å². The van der Waals surface area contributed by atoms with Crippen molar-refractivity contribution in [1.29, 1.82) is 0 Å². The third-order valence-electron chi connectivity index (χ3n) is 8.97. The molecular weight excluding hydrogens is 685 g/mol. The van der Waals surface area contributed by atoms with E-state index in [0.29, 0.717) is 53.9 Å². The Hall–Kier alpha value is -5.82. The van der Waals surface area contributed by atoms with E-state index < -0.39 is 33.3 Å². The van der Waals surface area contributed by atoms with Crippen LogP contribution in [0.1, 0.15) is 59.2 Å². The number of ether oxygens (including phenoxy) is 1. The molecule has 16 heteroatoms. The SMILES string of the molecule is C#CCN1C(=O)COc2cc(F)c(N3C(=O)C4=C(CCCC4)C3=O)cc21.Cc1c(C(=O)c2cnn(C)c2O)ccc(S(C)(=O)=O)c1C1=NOCC1. The molecule has 0 spiro atoms. The first kappa shape index (κ1) is 35.0. The van der Waals surface area contributed by atoms with Crippen molar-refractivity contribution in [2.75, 3.05) is 35.8 Å². The van der Waals surface area contributed by atoms with Crippen LogP contribution in [0.5, 0.6) is 11.6 Å². The molecule has 0 radical (unpaired) electrons. The van der Waals surface area contributed by atoms with Gasteiger partial charge in [-0.1, -0.05) is 11.1 Å². The second-order valence-electron chi connectivity index (χ2n) is 12.2. The quantitative estimate of drug-likeness (QED) is 0.226. The van der Waals surface area contributed by atoms with Gasteiger partial charge in [0.2, 0.25) is 5.88 Å². The summed E-state index contributed by atoms with van der Waals surface area (Å²) in [6.45, 7) is 1.76. The zero-order chi connectivity index (χ0) is 36.8. The molecule has 1 aromatic heterocycles. The summed E-state index contributed by atoms with van der Waals surface area (Å²) in [7, 11) is -2.00. The van der Waals surface area contributed by atoms with E-state index in [2.05, 4.69) is 16.2 Å². The molecule has 1 aliphatic carbocycles. The molecule has 0 fully saturated rings. The number of sulfone groups is 1. The summed E-state index contributed by atoms with van der Waals surface area (Å²) in [5.41, 5.74) is 2.66. The van der Waals surface area contributed by atoms with Gasteiger partial charge in [0, 0.05) is 48.1 Å². The van der Waals surface area contributed by atoms with Crippen molar-refractivity contribution in [3.8, 4) is 24.0 Å². The molecule has 51 heavy (non-hydrogen) atoms. The first-order valence-electron chi connectivity index (χ1n) is 15.8. The Morgan fingerprint density at radius 3 is 2.31 bits per heavy atom. The number of hydrogen-bond acceptors (Lipinski definition) is 11. The van der Waals surface area contributed by atoms with Gasteiger partial charge in [0.05, 0.1) is 34.7 Å². The Balaban J connectivity index is 0.000000176. The number of aromatic nitrogens is 2. The molecule has 7 rings (SSSR count). The minimum atomic E-state index is -3.52. The normalized spacial score (nSPS) is 16.8. The largest absolute Gasteiger partial charge is 0.493 e. The molecule has 0 saturated heterocycles. The molecule has 2 aromatic carbocycles. The van der Waals surface area contributed by atoms with Crippen molar-refractivity contribution < 1.29 is 46.7 Å². The van der Waals surface area contributed by atoms with Gasteiger partial charge in [0.25, 0.3) is 17.7 Å². The van der Waals surface area contributed by atoms with Gasteiger partial charge < -0.3 is 14.7 Å². The minimum Gasteiger partial charge on any atom is -0.493 e. The summed E-state index contributed by atoms with van der Waals surface area (Å²) in [4.78, 5) is 57.4. The number of imide groups is 1. The zero-order valence-corrected chi connectivity index (χ0v) is 28.7. The molecular formula is C35H32FN5O9S. The van der Waals surface area contributed by atoms with E-state index in [1.54, 1.807) is 6.92 Å². The van der Waals surface area contributed by atoms with Crippen molar-refractivity contribution in [3.05, 3.63) is 69.7 Å². The third-order valence-corrected chi connectivity index (χ3v) is 10.1. The highest BCUT2D eigenvalue weighted by molar-refractivity contribution is 7.90. The fourth-order valence-electron chi connectivity index (χ4n) is 6.42. The number of carbonyl (C=O) groups excluding carboxylic acids is 4. The molecule has 3 amide bonds. The number of halogens is 1. The Morgan fingerprint density at radius 1 is 1.06 bits per heavy atom. The van der Waals surface area contributed by atoms with Gasteiger partial charge in [-0.25, -0.2) is 22.4 Å². The van der Waals surface area contributed by atoms with Gasteiger partial charge in [0.15, 0.2) is 28.0 Å². The second-order valence-corrected chi connectivity index (χ2v) is 14.2. The standard InChI is InChI=1S/C19H15FN2O4.C16H17N3O5S/c1-2-7-21-15-9-14(13(20)8-16(15)26-10-17(21)23)22-18(24)11-5-3-4-6-12(11)19(22)25;1-9-10(15(20)11-8-17-19(2)16(11)21)4-5-13(25(3,22)23)14(9)12-6-7-24-18-12/h1,8-9H,3-7,10H2;4-5,8,21H,6-7H2,1-3H3. The Kier molecular flexibility index (Phi) is 9.25. The number of nitrogens with zero attached hydrogens (tertiary/aromatic N) is 5. The average molecular weight is 718 g/mol. The van der Waals surface area contributed by atoms with E-state index in [9.17, 15) is 37.1 Å². The average Bonchev–Trinajstić information content (AvgIpc) is 3.81. The molecule has 0 bridgehead atoms. The number of benzene rings is 2. The lowest BCUT2D eigenvalue weighted by atomic mass is 9.93. The number of fused-ring (bicyclic) bond motifs is 1. The van der Waals surface area contributed by atoms with Crippen LogP contribution in [0.3, 0.4) is 0 Å². The lowest BCUT2D eigenvalue weighted by Crippen LogP contribution is -2.39. The van der Waals surface area contributed by atoms with Crippen molar-refractivity contribution in [2.45, 2.75) is 43.9 Å². The van der Waals surface area contributed by atoms with Crippen molar-refractivity contribution in [1.82, 2.24) is 9.78 Å². The van der Waals surface area contributed by atoms with Crippen LogP contribution in [0.15, 0.2) is 51.7 Å². The molecule has 264 valence electrons. The van der Waals surface area contributed by atoms with Gasteiger partial charge in [-0.05, 0) is 56.4 Å². The fourth-order valence-corrected chi connectivity index (χ4v) is 7.38. The molecule has 0 atom stereocenters. The number of amides is 3. The highest BCUT2D eigenvalue weighted by Gasteiger charge is 2.42. The van der Waals surface area contributed by atoms with Crippen LogP contribution in [0.4, 0.5) is 15.8 Å². The number of carbonyl (C=O) groups is 4. The molecule has 0 unspecified atom stereocenters. The monoisotopic (exact) mass is 717 g/mol. The van der Waals surface area contributed by atoms with E-state index in [-0.39, 0.29) is 58.1 Å². The maximum absolute atomic E-state index is 14.7. The Bertz CT molecular complexity index is 2220. The fraction of sp³-hybridized carbons (Fsp3) is 0.314. The van der Waals surface area contributed by atoms with E-state index in [1.807, 2.05) is 0 Å². The summed E-state index contributed by atoms with van der Waals surface area (Å²) in [6, 6.07) is 5.20. The predicted molar refractivity (Wildman–Crippen MR) is 181 cm³/mol. The topological polar surface area (TPSA) is 178 Å². The summed E-state index contributed by atoms with van der Waals surface area (Å²) < 4.78 is 45.4. The van der Waals surface area contributed by atoms with Crippen LogP contribution in [0.25, 0.3) is 0 Å². The molecule has 3 aromatic rings. The number of anilines is 2. The number of terminal acetylenes is 1. The smallest absolute Gasteiger partial charge is 0.265 e. The highest BCUT2D eigenvalue weighted by atomic mass is 32.2. The lowest BCUT2D eigenvalue weighted by molar-refractivity contribution is -0.121. The van der Waals surface area contributed by atoms with E-state index in [1.165, 1.54) is 41.0 Å². The van der Waals surface area contributed by atoms with Gasteiger partial charge in [-0.15, -0.1) is 6.42 Å². The summed E-state index contributed by atoms with van der Waals surface area (Å²) in [5, 5.41) is 17.7. The first-order valence-corrected chi connectivity index (χ1v) is 17.7. The minimum absolute atomic E-state index is 0.0170. The van der Waals surface area contributed by atoms with Crippen LogP contribution >= 0.6 is 0 Å². The lowest BCUT2D eigenvalue weighted by Gasteiger charge is -2.29. The Labute approximate surface area is 292 Å².